The third-order valence-corrected chi connectivity index (χ3v) is 2.53. The van der Waals surface area contributed by atoms with Crippen molar-refractivity contribution in [3.05, 3.63) is 0 Å². The summed E-state index contributed by atoms with van der Waals surface area (Å²) >= 11 is 0. The standard InChI is InChI=1S/C9H17NO/c1-7-2-5-9(11-7)6-10-8-3-4-8/h7-10H,2-6H2,1H3. The van der Waals surface area contributed by atoms with E-state index >= 15 is 0 Å². The van der Waals surface area contributed by atoms with Crippen LogP contribution in [0.4, 0.5) is 0 Å². The molecule has 0 amide bonds. The molecule has 1 aliphatic carbocycles. The van der Waals surface area contributed by atoms with Crippen LogP contribution in [-0.4, -0.2) is 24.8 Å². The van der Waals surface area contributed by atoms with Crippen LogP contribution in [0.3, 0.4) is 0 Å². The molecule has 11 heavy (non-hydrogen) atoms. The first kappa shape index (κ1) is 7.56. The lowest BCUT2D eigenvalue weighted by Crippen LogP contribution is -2.28. The topological polar surface area (TPSA) is 21.3 Å². The average molecular weight is 155 g/mol. The summed E-state index contributed by atoms with van der Waals surface area (Å²) in [5.74, 6) is 0. The van der Waals surface area contributed by atoms with Crippen molar-refractivity contribution in [3.8, 4) is 0 Å². The summed E-state index contributed by atoms with van der Waals surface area (Å²) in [4.78, 5) is 0. The van der Waals surface area contributed by atoms with Gasteiger partial charge >= 0.3 is 0 Å². The molecule has 2 heteroatoms. The highest BCUT2D eigenvalue weighted by molar-refractivity contribution is 4.83. The molecule has 2 unspecified atom stereocenters. The minimum atomic E-state index is 0.501. The van der Waals surface area contributed by atoms with Gasteiger partial charge in [0.25, 0.3) is 0 Å². The zero-order chi connectivity index (χ0) is 7.68. The number of rotatable bonds is 3. The lowest BCUT2D eigenvalue weighted by atomic mass is 10.2. The summed E-state index contributed by atoms with van der Waals surface area (Å²) in [5, 5.41) is 3.49. The van der Waals surface area contributed by atoms with Crippen LogP contribution >= 0.6 is 0 Å². The van der Waals surface area contributed by atoms with Gasteiger partial charge in [-0.25, -0.2) is 0 Å². The van der Waals surface area contributed by atoms with Gasteiger partial charge in [0.1, 0.15) is 0 Å². The van der Waals surface area contributed by atoms with Crippen molar-refractivity contribution < 1.29 is 4.74 Å². The van der Waals surface area contributed by atoms with E-state index in [1.165, 1.54) is 25.7 Å². The van der Waals surface area contributed by atoms with Crippen LogP contribution in [0, 0.1) is 0 Å². The van der Waals surface area contributed by atoms with Crippen molar-refractivity contribution in [2.45, 2.75) is 50.9 Å². The largest absolute Gasteiger partial charge is 0.374 e. The maximum Gasteiger partial charge on any atom is 0.0704 e. The van der Waals surface area contributed by atoms with Gasteiger partial charge < -0.3 is 10.1 Å². The van der Waals surface area contributed by atoms with E-state index in [2.05, 4.69) is 12.2 Å². The Bertz CT molecular complexity index is 134. The Kier molecular flexibility index (Phi) is 2.14. The van der Waals surface area contributed by atoms with Crippen LogP contribution in [0.25, 0.3) is 0 Å². The Balaban J connectivity index is 1.62. The summed E-state index contributed by atoms with van der Waals surface area (Å²) in [6.07, 6.45) is 6.26. The highest BCUT2D eigenvalue weighted by Gasteiger charge is 2.25. The molecule has 2 atom stereocenters. The molecule has 0 bridgehead atoms. The summed E-state index contributed by atoms with van der Waals surface area (Å²) in [7, 11) is 0. The van der Waals surface area contributed by atoms with Crippen molar-refractivity contribution in [3.63, 3.8) is 0 Å². The molecule has 1 saturated carbocycles. The molecule has 0 aromatic rings. The molecule has 2 aliphatic rings. The molecule has 0 radical (unpaired) electrons. The fraction of sp³-hybridized carbons (Fsp3) is 1.00. The van der Waals surface area contributed by atoms with Crippen molar-refractivity contribution in [1.82, 2.24) is 5.32 Å². The zero-order valence-corrected chi connectivity index (χ0v) is 7.18. The van der Waals surface area contributed by atoms with E-state index in [0.717, 1.165) is 12.6 Å². The molecular formula is C9H17NO. The lowest BCUT2D eigenvalue weighted by molar-refractivity contribution is 0.0558. The molecule has 1 N–H and O–H groups in total. The molecule has 1 heterocycles. The number of ether oxygens (including phenoxy) is 1. The van der Waals surface area contributed by atoms with Gasteiger partial charge in [0, 0.05) is 12.6 Å². The van der Waals surface area contributed by atoms with Crippen molar-refractivity contribution in [1.29, 1.82) is 0 Å². The maximum atomic E-state index is 5.68. The van der Waals surface area contributed by atoms with Crippen molar-refractivity contribution in [2.75, 3.05) is 6.54 Å². The van der Waals surface area contributed by atoms with Gasteiger partial charge in [0.15, 0.2) is 0 Å². The summed E-state index contributed by atoms with van der Waals surface area (Å²) in [5.41, 5.74) is 0. The number of hydrogen-bond acceptors (Lipinski definition) is 2. The van der Waals surface area contributed by atoms with Gasteiger partial charge in [-0.2, -0.15) is 0 Å². The number of nitrogens with one attached hydrogen (secondary N) is 1. The van der Waals surface area contributed by atoms with Gasteiger partial charge in [-0.1, -0.05) is 0 Å². The highest BCUT2D eigenvalue weighted by atomic mass is 16.5. The lowest BCUT2D eigenvalue weighted by Gasteiger charge is -2.11. The molecule has 0 spiro atoms. The smallest absolute Gasteiger partial charge is 0.0704 e. The van der Waals surface area contributed by atoms with Crippen molar-refractivity contribution in [2.24, 2.45) is 0 Å². The molecule has 2 fully saturated rings. The van der Waals surface area contributed by atoms with Gasteiger partial charge in [-0.15, -0.1) is 0 Å². The molecule has 2 rings (SSSR count). The molecule has 1 aliphatic heterocycles. The predicted octanol–water partition coefficient (Wildman–Crippen LogP) is 1.31. The first-order valence-corrected chi connectivity index (χ1v) is 4.73. The van der Waals surface area contributed by atoms with E-state index in [4.69, 9.17) is 4.74 Å². The van der Waals surface area contributed by atoms with Gasteiger partial charge in [0.2, 0.25) is 0 Å². The van der Waals surface area contributed by atoms with Crippen LogP contribution < -0.4 is 5.32 Å². The van der Waals surface area contributed by atoms with Crippen LogP contribution in [0.15, 0.2) is 0 Å². The average Bonchev–Trinajstić information content (AvgIpc) is 2.72. The normalized spacial score (nSPS) is 37.9. The SMILES string of the molecule is CC1CCC(CNC2CC2)O1. The highest BCUT2D eigenvalue weighted by Crippen LogP contribution is 2.21. The monoisotopic (exact) mass is 155 g/mol. The Morgan fingerprint density at radius 1 is 1.27 bits per heavy atom. The Morgan fingerprint density at radius 2 is 2.09 bits per heavy atom. The van der Waals surface area contributed by atoms with Crippen LogP contribution in [0.1, 0.15) is 32.6 Å². The second-order valence-electron chi connectivity index (χ2n) is 3.83. The zero-order valence-electron chi connectivity index (χ0n) is 7.18. The van der Waals surface area contributed by atoms with Gasteiger partial charge in [-0.3, -0.25) is 0 Å². The van der Waals surface area contributed by atoms with Gasteiger partial charge in [0.05, 0.1) is 12.2 Å². The maximum absolute atomic E-state index is 5.68. The quantitative estimate of drug-likeness (QED) is 0.663. The Hall–Kier alpha value is -0.0800. The van der Waals surface area contributed by atoms with E-state index in [9.17, 15) is 0 Å². The second kappa shape index (κ2) is 3.11. The van der Waals surface area contributed by atoms with E-state index < -0.39 is 0 Å². The third-order valence-electron chi connectivity index (χ3n) is 2.53. The third kappa shape index (κ3) is 2.17. The van der Waals surface area contributed by atoms with E-state index in [-0.39, 0.29) is 0 Å². The van der Waals surface area contributed by atoms with Crippen LogP contribution in [0.5, 0.6) is 0 Å². The fourth-order valence-electron chi connectivity index (χ4n) is 1.62. The minimum absolute atomic E-state index is 0.501. The van der Waals surface area contributed by atoms with Gasteiger partial charge in [-0.05, 0) is 32.6 Å². The molecule has 2 nitrogen and oxygen atoms in total. The summed E-state index contributed by atoms with van der Waals surface area (Å²) in [6, 6.07) is 0.828. The Morgan fingerprint density at radius 3 is 2.64 bits per heavy atom. The molecule has 0 aromatic carbocycles. The second-order valence-corrected chi connectivity index (χ2v) is 3.83. The van der Waals surface area contributed by atoms with Crippen molar-refractivity contribution >= 4 is 0 Å². The minimum Gasteiger partial charge on any atom is -0.374 e. The van der Waals surface area contributed by atoms with E-state index in [0.29, 0.717) is 12.2 Å². The Labute approximate surface area is 68.3 Å². The first-order valence-electron chi connectivity index (χ1n) is 4.73. The fourth-order valence-corrected chi connectivity index (χ4v) is 1.62. The molecule has 0 aromatic heterocycles. The molecule has 1 saturated heterocycles. The van der Waals surface area contributed by atoms with Crippen LogP contribution in [-0.2, 0) is 4.74 Å². The predicted molar refractivity (Wildman–Crippen MR) is 44.6 cm³/mol. The number of hydrogen-bond donors (Lipinski definition) is 1. The van der Waals surface area contributed by atoms with E-state index in [1.54, 1.807) is 0 Å². The van der Waals surface area contributed by atoms with Crippen LogP contribution in [0.2, 0.25) is 0 Å². The first-order chi connectivity index (χ1) is 5.34. The summed E-state index contributed by atoms with van der Waals surface area (Å²) in [6.45, 7) is 3.24. The van der Waals surface area contributed by atoms with E-state index in [1.807, 2.05) is 0 Å². The summed E-state index contributed by atoms with van der Waals surface area (Å²) < 4.78 is 5.68. The molecular weight excluding hydrogens is 138 g/mol. The molecule has 64 valence electrons.